The fraction of sp³-hybridized carbons (Fsp3) is 0.0870. The average molecular weight is 546 g/mol. The number of nitrogens with one attached hydrogen (secondary N) is 2. The van der Waals surface area contributed by atoms with Gasteiger partial charge in [-0.2, -0.15) is 5.10 Å². The lowest BCUT2D eigenvalue weighted by atomic mass is 10.2. The minimum Gasteiger partial charge on any atom is -0.504 e. The third kappa shape index (κ3) is 7.92. The van der Waals surface area contributed by atoms with Crippen LogP contribution in [0.5, 0.6) is 11.5 Å². The van der Waals surface area contributed by atoms with Crippen molar-refractivity contribution in [3.63, 3.8) is 0 Å². The van der Waals surface area contributed by atoms with Crippen LogP contribution in [0.2, 0.25) is 0 Å². The van der Waals surface area contributed by atoms with E-state index in [9.17, 15) is 43.4 Å². The second kappa shape index (κ2) is 12.7. The Morgan fingerprint density at radius 3 is 2.26 bits per heavy atom. The van der Waals surface area contributed by atoms with Gasteiger partial charge in [0.15, 0.2) is 11.5 Å². The van der Waals surface area contributed by atoms with Crippen LogP contribution in [-0.4, -0.2) is 66.2 Å². The molecule has 0 aliphatic carbocycles. The van der Waals surface area contributed by atoms with Crippen molar-refractivity contribution >= 4 is 45.7 Å². The second-order valence-corrected chi connectivity index (χ2v) is 9.26. The summed E-state index contributed by atoms with van der Waals surface area (Å²) in [6.45, 7) is 0. The number of carbonyl (C=O) groups excluding carboxylic acids is 1. The number of aromatic hydroxyl groups is 2. The van der Waals surface area contributed by atoms with Gasteiger partial charge in [-0.05, 0) is 48.0 Å². The number of phenols is 2. The van der Waals surface area contributed by atoms with Crippen molar-refractivity contribution in [3.05, 3.63) is 81.9 Å². The molecule has 14 nitrogen and oxygen atoms in total. The molecule has 0 aromatic heterocycles. The van der Waals surface area contributed by atoms with Gasteiger partial charge in [0.25, 0.3) is 15.7 Å². The van der Waals surface area contributed by atoms with Gasteiger partial charge in [0.05, 0.1) is 27.3 Å². The molecule has 38 heavy (non-hydrogen) atoms. The van der Waals surface area contributed by atoms with Crippen LogP contribution in [0.25, 0.3) is 0 Å². The Labute approximate surface area is 216 Å². The molecule has 200 valence electrons. The maximum absolute atomic E-state index is 12.7. The van der Waals surface area contributed by atoms with Crippen molar-refractivity contribution in [1.29, 1.82) is 0 Å². The fourth-order valence-corrected chi connectivity index (χ4v) is 3.78. The minimum absolute atomic E-state index is 0.121. The fourth-order valence-electron chi connectivity index (χ4n) is 2.68. The summed E-state index contributed by atoms with van der Waals surface area (Å²) >= 11 is 0. The highest BCUT2D eigenvalue weighted by Crippen LogP contribution is 2.29. The normalized spacial score (nSPS) is 10.7. The number of hydrogen-bond acceptors (Lipinski definition) is 10. The number of amides is 1. The third-order valence-corrected chi connectivity index (χ3v) is 5.85. The molecule has 0 saturated carbocycles. The number of para-hydroxylation sites is 1. The lowest BCUT2D eigenvalue weighted by Crippen LogP contribution is -2.16. The van der Waals surface area contributed by atoms with E-state index in [1.54, 1.807) is 14.1 Å². The van der Waals surface area contributed by atoms with E-state index in [0.717, 1.165) is 24.6 Å². The van der Waals surface area contributed by atoms with Gasteiger partial charge < -0.3 is 20.2 Å². The summed E-state index contributed by atoms with van der Waals surface area (Å²) in [5.74, 6) is -2.05. The van der Waals surface area contributed by atoms with E-state index >= 15 is 0 Å². The lowest BCUT2D eigenvalue weighted by molar-refractivity contribution is -0.384. The number of nitro groups is 1. The smallest absolute Gasteiger partial charge is 0.337 e. The summed E-state index contributed by atoms with van der Waals surface area (Å²) in [5, 5.41) is 43.3. The third-order valence-electron chi connectivity index (χ3n) is 4.49. The number of carboxylic acid groups (broad SMARTS) is 1. The summed E-state index contributed by atoms with van der Waals surface area (Å²) in [5.41, 5.74) is 1.59. The molecule has 1 amide bonds. The highest BCUT2D eigenvalue weighted by Gasteiger charge is 2.23. The first-order valence-electron chi connectivity index (χ1n) is 10.4. The number of carbonyl (C=O) groups is 2. The number of sulfonamides is 1. The van der Waals surface area contributed by atoms with Gasteiger partial charge in [0, 0.05) is 20.2 Å². The molecule has 0 unspecified atom stereocenters. The van der Waals surface area contributed by atoms with Crippen LogP contribution >= 0.6 is 0 Å². The summed E-state index contributed by atoms with van der Waals surface area (Å²) < 4.78 is 27.5. The Hall–Kier alpha value is -5.18. The SMILES string of the molecule is CN(C)C=O.O=C(O)c1ccccc1NS(=O)(=O)c1ccc(NN=Cc2ccc(O)c(O)c2)c([N+](=O)[O-])c1. The summed E-state index contributed by atoms with van der Waals surface area (Å²) in [6.07, 6.45) is 1.97. The van der Waals surface area contributed by atoms with Crippen molar-refractivity contribution in [1.82, 2.24) is 4.90 Å². The zero-order valence-corrected chi connectivity index (χ0v) is 20.8. The number of anilines is 2. The molecule has 5 N–H and O–H groups in total. The summed E-state index contributed by atoms with van der Waals surface area (Å²) in [7, 11) is -0.975. The number of nitro benzene ring substituents is 1. The largest absolute Gasteiger partial charge is 0.504 e. The number of carboxylic acids is 1. The monoisotopic (exact) mass is 545 g/mol. The predicted molar refractivity (Wildman–Crippen MR) is 138 cm³/mol. The number of phenolic OH excluding ortho intramolecular Hbond substituents is 2. The predicted octanol–water partition coefficient (Wildman–Crippen LogP) is 2.66. The number of rotatable bonds is 9. The van der Waals surface area contributed by atoms with E-state index in [4.69, 9.17) is 0 Å². The lowest BCUT2D eigenvalue weighted by Gasteiger charge is -2.11. The maximum Gasteiger partial charge on any atom is 0.337 e. The molecule has 0 bridgehead atoms. The Balaban J connectivity index is 0.000000926. The average Bonchev–Trinajstić information content (AvgIpc) is 2.86. The van der Waals surface area contributed by atoms with Gasteiger partial charge in [0.2, 0.25) is 6.41 Å². The number of nitrogens with zero attached hydrogens (tertiary/aromatic N) is 3. The molecule has 3 rings (SSSR count). The molecule has 0 aliphatic heterocycles. The first-order chi connectivity index (χ1) is 17.9. The number of hydrogen-bond donors (Lipinski definition) is 5. The van der Waals surface area contributed by atoms with Crippen LogP contribution in [-0.2, 0) is 14.8 Å². The summed E-state index contributed by atoms with van der Waals surface area (Å²) in [4.78, 5) is 32.4. The maximum atomic E-state index is 12.7. The Bertz CT molecular complexity index is 1470. The van der Waals surface area contributed by atoms with Crippen LogP contribution in [0.1, 0.15) is 15.9 Å². The van der Waals surface area contributed by atoms with Crippen LogP contribution in [0.15, 0.2) is 70.7 Å². The van der Waals surface area contributed by atoms with Gasteiger partial charge >= 0.3 is 5.97 Å². The van der Waals surface area contributed by atoms with Crippen LogP contribution in [0.3, 0.4) is 0 Å². The Morgan fingerprint density at radius 1 is 1.03 bits per heavy atom. The van der Waals surface area contributed by atoms with Gasteiger partial charge in [-0.3, -0.25) is 25.1 Å². The molecule has 15 heteroatoms. The molecular formula is C23H23N5O9S. The topological polar surface area (TPSA) is 212 Å². The van der Waals surface area contributed by atoms with E-state index in [0.29, 0.717) is 5.56 Å². The Morgan fingerprint density at radius 2 is 1.68 bits per heavy atom. The van der Waals surface area contributed by atoms with E-state index in [2.05, 4.69) is 15.2 Å². The minimum atomic E-state index is -4.35. The quantitative estimate of drug-likeness (QED) is 0.0871. The molecular weight excluding hydrogens is 522 g/mol. The zero-order valence-electron chi connectivity index (χ0n) is 20.0. The van der Waals surface area contributed by atoms with Gasteiger partial charge in [-0.1, -0.05) is 12.1 Å². The highest BCUT2D eigenvalue weighted by atomic mass is 32.2. The molecule has 0 fully saturated rings. The number of hydrazone groups is 1. The first-order valence-corrected chi connectivity index (χ1v) is 11.9. The molecule has 0 radical (unpaired) electrons. The van der Waals surface area contributed by atoms with Gasteiger partial charge in [-0.25, -0.2) is 13.2 Å². The Kier molecular flexibility index (Phi) is 9.70. The van der Waals surface area contributed by atoms with Crippen molar-refractivity contribution in [3.8, 4) is 11.5 Å². The van der Waals surface area contributed by atoms with Gasteiger partial charge in [0.1, 0.15) is 5.69 Å². The van der Waals surface area contributed by atoms with Crippen LogP contribution in [0, 0.1) is 10.1 Å². The molecule has 0 atom stereocenters. The summed E-state index contributed by atoms with van der Waals surface area (Å²) in [6, 6.07) is 12.2. The van der Waals surface area contributed by atoms with E-state index in [1.807, 2.05) is 0 Å². The molecule has 0 aliphatic rings. The second-order valence-electron chi connectivity index (χ2n) is 7.58. The van der Waals surface area contributed by atoms with Gasteiger partial charge in [-0.15, -0.1) is 0 Å². The molecule has 0 saturated heterocycles. The molecule has 3 aromatic carbocycles. The van der Waals surface area contributed by atoms with E-state index in [1.165, 1.54) is 53.6 Å². The molecule has 0 spiro atoms. The van der Waals surface area contributed by atoms with E-state index in [-0.39, 0.29) is 28.4 Å². The van der Waals surface area contributed by atoms with Crippen molar-refractivity contribution in [2.75, 3.05) is 24.2 Å². The standard InChI is InChI=1S/C20H16N4O8S.C3H7NO/c25-18-8-5-12(9-19(18)26)11-21-22-16-7-6-13(10-17(16)24(29)30)33(31,32)23-15-4-2-1-3-14(15)20(27)28;1-4(2)3-5/h1-11,22-23,25-26H,(H,27,28);3H,1-2H3. The van der Waals surface area contributed by atoms with Crippen molar-refractivity contribution in [2.24, 2.45) is 5.10 Å². The van der Waals surface area contributed by atoms with Crippen molar-refractivity contribution < 1.29 is 38.2 Å². The zero-order chi connectivity index (χ0) is 28.5. The highest BCUT2D eigenvalue weighted by molar-refractivity contribution is 7.92. The van der Waals surface area contributed by atoms with E-state index < -0.39 is 31.5 Å². The van der Waals surface area contributed by atoms with Crippen LogP contribution in [0.4, 0.5) is 17.1 Å². The van der Waals surface area contributed by atoms with Crippen molar-refractivity contribution in [2.45, 2.75) is 4.90 Å². The molecule has 0 heterocycles. The van der Waals surface area contributed by atoms with Crippen LogP contribution < -0.4 is 10.1 Å². The first kappa shape index (κ1) is 29.1. The molecule has 3 aromatic rings. The number of aromatic carboxylic acids is 1. The number of benzene rings is 3.